The summed E-state index contributed by atoms with van der Waals surface area (Å²) in [6, 6.07) is 6.29. The van der Waals surface area contributed by atoms with Crippen molar-refractivity contribution in [2.45, 2.75) is 12.6 Å². The Morgan fingerprint density at radius 1 is 1.44 bits per heavy atom. The molecule has 0 spiro atoms. The van der Waals surface area contributed by atoms with Crippen LogP contribution in [0.2, 0.25) is 0 Å². The molecule has 0 fully saturated rings. The summed E-state index contributed by atoms with van der Waals surface area (Å²) in [5, 5.41) is 11.8. The minimum Gasteiger partial charge on any atom is -0.382 e. The van der Waals surface area contributed by atoms with E-state index in [2.05, 4.69) is 5.32 Å². The molecule has 0 radical (unpaired) electrons. The van der Waals surface area contributed by atoms with Crippen molar-refractivity contribution in [2.75, 3.05) is 27.4 Å². The number of ether oxygens (including phenoxy) is 2. The zero-order chi connectivity index (χ0) is 13.4. The van der Waals surface area contributed by atoms with Crippen LogP contribution in [0.3, 0.4) is 0 Å². The molecule has 4 nitrogen and oxygen atoms in total. The van der Waals surface area contributed by atoms with Crippen molar-refractivity contribution in [1.29, 1.82) is 5.26 Å². The van der Waals surface area contributed by atoms with Crippen molar-refractivity contribution in [3.05, 3.63) is 35.1 Å². The van der Waals surface area contributed by atoms with Gasteiger partial charge in [0.2, 0.25) is 0 Å². The van der Waals surface area contributed by atoms with Gasteiger partial charge in [-0.25, -0.2) is 4.39 Å². The summed E-state index contributed by atoms with van der Waals surface area (Å²) in [6.07, 6.45) is -0.0720. The third-order valence-corrected chi connectivity index (χ3v) is 2.55. The Hall–Kier alpha value is -1.48. The van der Waals surface area contributed by atoms with Gasteiger partial charge in [0.1, 0.15) is 5.82 Å². The van der Waals surface area contributed by atoms with Crippen LogP contribution in [0.25, 0.3) is 0 Å². The van der Waals surface area contributed by atoms with E-state index in [1.54, 1.807) is 20.3 Å². The first-order valence-corrected chi connectivity index (χ1v) is 5.62. The number of rotatable bonds is 7. The Morgan fingerprint density at radius 2 is 2.22 bits per heavy atom. The molecule has 1 aromatic carbocycles. The van der Waals surface area contributed by atoms with Gasteiger partial charge in [-0.3, -0.25) is 0 Å². The standard InChI is InChI=1S/C13H17FN2O2/c1-17-9-12(18-2)8-16-7-11-5-10(6-15)3-4-13(11)14/h3-5,12,16H,7-9H2,1-2H3. The van der Waals surface area contributed by atoms with E-state index in [1.807, 2.05) is 6.07 Å². The van der Waals surface area contributed by atoms with E-state index < -0.39 is 0 Å². The fourth-order valence-electron chi connectivity index (χ4n) is 1.54. The van der Waals surface area contributed by atoms with Crippen LogP contribution in [0.5, 0.6) is 0 Å². The van der Waals surface area contributed by atoms with Gasteiger partial charge in [0.05, 0.1) is 24.3 Å². The zero-order valence-corrected chi connectivity index (χ0v) is 10.6. The summed E-state index contributed by atoms with van der Waals surface area (Å²) < 4.78 is 23.6. The molecular formula is C13H17FN2O2. The van der Waals surface area contributed by atoms with Gasteiger partial charge in [-0.2, -0.15) is 5.26 Å². The average molecular weight is 252 g/mol. The third kappa shape index (κ3) is 4.41. The molecule has 1 rings (SSSR count). The molecule has 0 amide bonds. The summed E-state index contributed by atoms with van der Waals surface area (Å²) in [4.78, 5) is 0. The quantitative estimate of drug-likeness (QED) is 0.798. The maximum atomic E-state index is 13.5. The summed E-state index contributed by atoms with van der Waals surface area (Å²) in [6.45, 7) is 1.38. The number of nitriles is 1. The van der Waals surface area contributed by atoms with Gasteiger partial charge in [-0.15, -0.1) is 0 Å². The van der Waals surface area contributed by atoms with Gasteiger partial charge in [0.25, 0.3) is 0 Å². The fourth-order valence-corrected chi connectivity index (χ4v) is 1.54. The maximum Gasteiger partial charge on any atom is 0.127 e. The van der Waals surface area contributed by atoms with Gasteiger partial charge >= 0.3 is 0 Å². The van der Waals surface area contributed by atoms with Crippen molar-refractivity contribution in [2.24, 2.45) is 0 Å². The Kier molecular flexibility index (Phi) is 6.29. The zero-order valence-electron chi connectivity index (χ0n) is 10.6. The molecule has 0 heterocycles. The van der Waals surface area contributed by atoms with E-state index in [4.69, 9.17) is 14.7 Å². The lowest BCUT2D eigenvalue weighted by atomic mass is 10.1. The van der Waals surface area contributed by atoms with Crippen LogP contribution >= 0.6 is 0 Å². The van der Waals surface area contributed by atoms with Crippen molar-refractivity contribution in [3.8, 4) is 6.07 Å². The molecule has 0 aliphatic rings. The highest BCUT2D eigenvalue weighted by Gasteiger charge is 2.08. The van der Waals surface area contributed by atoms with Crippen molar-refractivity contribution >= 4 is 0 Å². The topological polar surface area (TPSA) is 54.3 Å². The summed E-state index contributed by atoms with van der Waals surface area (Å²) in [5.74, 6) is -0.317. The lowest BCUT2D eigenvalue weighted by Crippen LogP contribution is -2.31. The largest absolute Gasteiger partial charge is 0.382 e. The highest BCUT2D eigenvalue weighted by Crippen LogP contribution is 2.09. The van der Waals surface area contributed by atoms with Crippen molar-refractivity contribution in [3.63, 3.8) is 0 Å². The van der Waals surface area contributed by atoms with Gasteiger partial charge in [0, 0.05) is 32.9 Å². The fraction of sp³-hybridized carbons (Fsp3) is 0.462. The monoisotopic (exact) mass is 252 g/mol. The summed E-state index contributed by atoms with van der Waals surface area (Å²) in [7, 11) is 3.20. The van der Waals surface area contributed by atoms with E-state index in [-0.39, 0.29) is 11.9 Å². The molecule has 98 valence electrons. The van der Waals surface area contributed by atoms with E-state index >= 15 is 0 Å². The van der Waals surface area contributed by atoms with Crippen LogP contribution < -0.4 is 5.32 Å². The van der Waals surface area contributed by atoms with E-state index in [0.29, 0.717) is 30.8 Å². The predicted octanol–water partition coefficient (Wildman–Crippen LogP) is 1.45. The first-order valence-electron chi connectivity index (χ1n) is 5.62. The Bertz CT molecular complexity index is 418. The summed E-state index contributed by atoms with van der Waals surface area (Å²) in [5.41, 5.74) is 0.926. The molecular weight excluding hydrogens is 235 g/mol. The minimum atomic E-state index is -0.317. The van der Waals surface area contributed by atoms with Gasteiger partial charge in [0.15, 0.2) is 0 Å². The molecule has 1 N–H and O–H groups in total. The number of methoxy groups -OCH3 is 2. The smallest absolute Gasteiger partial charge is 0.127 e. The molecule has 0 saturated heterocycles. The Labute approximate surface area is 106 Å². The first kappa shape index (κ1) is 14.6. The molecule has 1 unspecified atom stereocenters. The summed E-state index contributed by atoms with van der Waals surface area (Å²) >= 11 is 0. The highest BCUT2D eigenvalue weighted by molar-refractivity contribution is 5.33. The average Bonchev–Trinajstić information content (AvgIpc) is 2.39. The van der Waals surface area contributed by atoms with Crippen LogP contribution in [0, 0.1) is 17.1 Å². The maximum absolute atomic E-state index is 13.5. The second-order valence-electron chi connectivity index (χ2n) is 3.86. The second kappa shape index (κ2) is 7.77. The van der Waals surface area contributed by atoms with Crippen LogP contribution in [-0.4, -0.2) is 33.5 Å². The molecule has 0 aromatic heterocycles. The van der Waals surface area contributed by atoms with E-state index in [9.17, 15) is 4.39 Å². The highest BCUT2D eigenvalue weighted by atomic mass is 19.1. The molecule has 0 bridgehead atoms. The van der Waals surface area contributed by atoms with Crippen LogP contribution in [0.4, 0.5) is 4.39 Å². The molecule has 18 heavy (non-hydrogen) atoms. The SMILES string of the molecule is COCC(CNCc1cc(C#N)ccc1F)OC. The molecule has 0 aliphatic carbocycles. The molecule has 0 saturated carbocycles. The number of hydrogen-bond donors (Lipinski definition) is 1. The lowest BCUT2D eigenvalue weighted by Gasteiger charge is -2.15. The molecule has 1 atom stereocenters. The number of nitrogens with zero attached hydrogens (tertiary/aromatic N) is 1. The number of nitrogens with one attached hydrogen (secondary N) is 1. The lowest BCUT2D eigenvalue weighted by molar-refractivity contribution is 0.0287. The first-order chi connectivity index (χ1) is 8.71. The van der Waals surface area contributed by atoms with E-state index in [0.717, 1.165) is 0 Å². The molecule has 5 heteroatoms. The van der Waals surface area contributed by atoms with Gasteiger partial charge < -0.3 is 14.8 Å². The van der Waals surface area contributed by atoms with Crippen molar-refractivity contribution < 1.29 is 13.9 Å². The van der Waals surface area contributed by atoms with Crippen LogP contribution in [0.15, 0.2) is 18.2 Å². The normalized spacial score (nSPS) is 12.1. The second-order valence-corrected chi connectivity index (χ2v) is 3.86. The molecule has 1 aromatic rings. The number of hydrogen-bond acceptors (Lipinski definition) is 4. The number of benzene rings is 1. The van der Waals surface area contributed by atoms with Crippen LogP contribution in [0.1, 0.15) is 11.1 Å². The minimum absolute atomic E-state index is 0.0720. The molecule has 0 aliphatic heterocycles. The van der Waals surface area contributed by atoms with Gasteiger partial charge in [-0.05, 0) is 18.2 Å². The Balaban J connectivity index is 2.50. The third-order valence-electron chi connectivity index (χ3n) is 2.55. The Morgan fingerprint density at radius 3 is 2.83 bits per heavy atom. The van der Waals surface area contributed by atoms with E-state index in [1.165, 1.54) is 12.1 Å². The van der Waals surface area contributed by atoms with Crippen molar-refractivity contribution in [1.82, 2.24) is 5.32 Å². The number of halogens is 1. The van der Waals surface area contributed by atoms with Gasteiger partial charge in [-0.1, -0.05) is 0 Å². The predicted molar refractivity (Wildman–Crippen MR) is 65.5 cm³/mol. The van der Waals surface area contributed by atoms with Crippen LogP contribution in [-0.2, 0) is 16.0 Å².